The highest BCUT2D eigenvalue weighted by Crippen LogP contribution is 2.10. The van der Waals surface area contributed by atoms with Crippen LogP contribution >= 0.6 is 11.3 Å². The van der Waals surface area contributed by atoms with E-state index in [2.05, 4.69) is 10.3 Å². The van der Waals surface area contributed by atoms with Crippen molar-refractivity contribution in [3.8, 4) is 0 Å². The first-order valence-corrected chi connectivity index (χ1v) is 4.79. The summed E-state index contributed by atoms with van der Waals surface area (Å²) in [6.07, 6.45) is 1.29. The van der Waals surface area contributed by atoms with Gasteiger partial charge in [-0.15, -0.1) is 0 Å². The highest BCUT2D eigenvalue weighted by Gasteiger charge is 2.08. The topological polar surface area (TPSA) is 42.0 Å². The van der Waals surface area contributed by atoms with E-state index < -0.39 is 0 Å². The zero-order valence-corrected chi connectivity index (χ0v) is 8.32. The van der Waals surface area contributed by atoms with Crippen LogP contribution < -0.4 is 5.32 Å². The number of carbonyl (C=O) groups is 1. The second-order valence-electron chi connectivity index (χ2n) is 2.96. The second-order valence-corrected chi connectivity index (χ2v) is 4.02. The highest BCUT2D eigenvalue weighted by atomic mass is 32.1. The van der Waals surface area contributed by atoms with Crippen LogP contribution in [0.4, 0.5) is 4.39 Å². The van der Waals surface area contributed by atoms with Gasteiger partial charge in [-0.25, -0.2) is 4.98 Å². The lowest BCUT2D eigenvalue weighted by Gasteiger charge is -2.05. The largest absolute Gasteiger partial charge is 0.354 e. The molecule has 0 aliphatic carbocycles. The van der Waals surface area contributed by atoms with Gasteiger partial charge in [0.1, 0.15) is 5.01 Å². The fourth-order valence-electron chi connectivity index (χ4n) is 0.880. The Hall–Kier alpha value is -0.970. The lowest BCUT2D eigenvalue weighted by Crippen LogP contribution is -2.31. The van der Waals surface area contributed by atoms with E-state index in [0.717, 1.165) is 17.5 Å². The average Bonchev–Trinajstić information content (AvgIpc) is 2.33. The minimum atomic E-state index is -0.354. The maximum Gasteiger partial charge on any atom is 0.227 e. The molecule has 0 unspecified atom stereocenters. The first-order valence-electron chi connectivity index (χ1n) is 3.97. The standard InChI is InChI=1S/C8H11FN2OS/c1-5(2)11-7(12)3-8-10-4-6(9)13-8/h4-5H,3H2,1-2H3,(H,11,12). The smallest absolute Gasteiger partial charge is 0.227 e. The Morgan fingerprint density at radius 1 is 1.77 bits per heavy atom. The minimum absolute atomic E-state index is 0.109. The number of amides is 1. The number of nitrogens with zero attached hydrogens (tertiary/aromatic N) is 1. The van der Waals surface area contributed by atoms with Crippen molar-refractivity contribution in [2.45, 2.75) is 26.3 Å². The monoisotopic (exact) mass is 202 g/mol. The summed E-state index contributed by atoms with van der Waals surface area (Å²) in [5, 5.41) is 2.86. The molecule has 1 rings (SSSR count). The summed E-state index contributed by atoms with van der Waals surface area (Å²) in [7, 11) is 0. The molecule has 0 aliphatic heterocycles. The molecule has 1 aromatic rings. The molecule has 72 valence electrons. The van der Waals surface area contributed by atoms with Gasteiger partial charge in [0.15, 0.2) is 5.13 Å². The molecule has 3 nitrogen and oxygen atoms in total. The van der Waals surface area contributed by atoms with Gasteiger partial charge in [0.05, 0.1) is 12.6 Å². The summed E-state index contributed by atoms with van der Waals surface area (Å²) in [6, 6.07) is 0.109. The van der Waals surface area contributed by atoms with Crippen LogP contribution in [-0.4, -0.2) is 16.9 Å². The summed E-state index contributed by atoms with van der Waals surface area (Å²) in [5.74, 6) is -0.121. The van der Waals surface area contributed by atoms with Crippen molar-refractivity contribution in [2.24, 2.45) is 0 Å². The van der Waals surface area contributed by atoms with Crippen molar-refractivity contribution in [3.05, 3.63) is 16.3 Å². The van der Waals surface area contributed by atoms with Gasteiger partial charge in [-0.05, 0) is 13.8 Å². The third-order valence-corrected chi connectivity index (χ3v) is 2.07. The number of aromatic nitrogens is 1. The third-order valence-electron chi connectivity index (χ3n) is 1.29. The van der Waals surface area contributed by atoms with Gasteiger partial charge in [0.25, 0.3) is 0 Å². The Balaban J connectivity index is 2.45. The molecule has 5 heteroatoms. The molecule has 1 N–H and O–H groups in total. The molecule has 0 radical (unpaired) electrons. The Bertz CT molecular complexity index is 298. The fourth-order valence-corrected chi connectivity index (χ4v) is 1.52. The molecule has 1 heterocycles. The van der Waals surface area contributed by atoms with Crippen LogP contribution in [0, 0.1) is 5.13 Å². The van der Waals surface area contributed by atoms with Crippen molar-refractivity contribution in [2.75, 3.05) is 0 Å². The second kappa shape index (κ2) is 4.32. The summed E-state index contributed by atoms with van der Waals surface area (Å²) >= 11 is 0.905. The molecule has 0 fully saturated rings. The van der Waals surface area contributed by atoms with E-state index in [1.165, 1.54) is 0 Å². The SMILES string of the molecule is CC(C)NC(=O)Cc1ncc(F)s1. The number of hydrogen-bond donors (Lipinski definition) is 1. The first-order chi connectivity index (χ1) is 6.08. The Labute approximate surface area is 80.0 Å². The fraction of sp³-hybridized carbons (Fsp3) is 0.500. The maximum atomic E-state index is 12.5. The quantitative estimate of drug-likeness (QED) is 0.803. The van der Waals surface area contributed by atoms with Crippen molar-refractivity contribution < 1.29 is 9.18 Å². The average molecular weight is 202 g/mol. The number of rotatable bonds is 3. The lowest BCUT2D eigenvalue weighted by atomic mass is 10.3. The van der Waals surface area contributed by atoms with E-state index in [1.807, 2.05) is 13.8 Å². The van der Waals surface area contributed by atoms with E-state index in [0.29, 0.717) is 5.01 Å². The molecule has 0 saturated carbocycles. The van der Waals surface area contributed by atoms with E-state index in [4.69, 9.17) is 0 Å². The van der Waals surface area contributed by atoms with Gasteiger partial charge in [-0.1, -0.05) is 11.3 Å². The molecule has 0 saturated heterocycles. The highest BCUT2D eigenvalue weighted by molar-refractivity contribution is 7.10. The normalized spacial score (nSPS) is 10.5. The van der Waals surface area contributed by atoms with Gasteiger partial charge in [0.2, 0.25) is 5.91 Å². The predicted molar refractivity (Wildman–Crippen MR) is 49.1 cm³/mol. The van der Waals surface area contributed by atoms with Crippen LogP contribution in [0.25, 0.3) is 0 Å². The van der Waals surface area contributed by atoms with Crippen LogP contribution in [-0.2, 0) is 11.2 Å². The molecule has 13 heavy (non-hydrogen) atoms. The number of carbonyl (C=O) groups excluding carboxylic acids is 1. The van der Waals surface area contributed by atoms with Crippen molar-refractivity contribution in [1.82, 2.24) is 10.3 Å². The molecule has 1 aromatic heterocycles. The van der Waals surface area contributed by atoms with Gasteiger partial charge in [0, 0.05) is 6.04 Å². The summed E-state index contributed by atoms with van der Waals surface area (Å²) in [5.41, 5.74) is 0. The third kappa shape index (κ3) is 3.50. The van der Waals surface area contributed by atoms with Crippen molar-refractivity contribution in [3.63, 3.8) is 0 Å². The van der Waals surface area contributed by atoms with Crippen LogP contribution in [0.5, 0.6) is 0 Å². The number of halogens is 1. The Kier molecular flexibility index (Phi) is 3.36. The Morgan fingerprint density at radius 3 is 2.92 bits per heavy atom. The zero-order valence-electron chi connectivity index (χ0n) is 7.50. The molecule has 0 atom stereocenters. The van der Waals surface area contributed by atoms with Gasteiger partial charge >= 0.3 is 0 Å². The predicted octanol–water partition coefficient (Wildman–Crippen LogP) is 1.35. The number of thiazole rings is 1. The van der Waals surface area contributed by atoms with E-state index in [9.17, 15) is 9.18 Å². The Morgan fingerprint density at radius 2 is 2.46 bits per heavy atom. The van der Waals surface area contributed by atoms with Crippen LogP contribution in [0.2, 0.25) is 0 Å². The number of nitrogens with one attached hydrogen (secondary N) is 1. The van der Waals surface area contributed by atoms with Crippen molar-refractivity contribution in [1.29, 1.82) is 0 Å². The minimum Gasteiger partial charge on any atom is -0.354 e. The lowest BCUT2D eigenvalue weighted by molar-refractivity contribution is -0.120. The van der Waals surface area contributed by atoms with E-state index >= 15 is 0 Å². The molecular formula is C8H11FN2OS. The summed E-state index contributed by atoms with van der Waals surface area (Å²) in [4.78, 5) is 14.9. The molecule has 0 spiro atoms. The molecule has 0 bridgehead atoms. The molecule has 0 aliphatic rings. The molecule has 1 amide bonds. The molecule has 0 aromatic carbocycles. The molecular weight excluding hydrogens is 191 g/mol. The summed E-state index contributed by atoms with van der Waals surface area (Å²) in [6.45, 7) is 3.75. The van der Waals surface area contributed by atoms with E-state index in [1.54, 1.807) is 0 Å². The zero-order chi connectivity index (χ0) is 9.84. The first kappa shape index (κ1) is 10.1. The van der Waals surface area contributed by atoms with Crippen LogP contribution in [0.15, 0.2) is 6.20 Å². The maximum absolute atomic E-state index is 12.5. The van der Waals surface area contributed by atoms with Gasteiger partial charge in [-0.2, -0.15) is 4.39 Å². The van der Waals surface area contributed by atoms with Gasteiger partial charge < -0.3 is 5.32 Å². The van der Waals surface area contributed by atoms with Gasteiger partial charge in [-0.3, -0.25) is 4.79 Å². The van der Waals surface area contributed by atoms with Crippen LogP contribution in [0.3, 0.4) is 0 Å². The number of hydrogen-bond acceptors (Lipinski definition) is 3. The van der Waals surface area contributed by atoms with E-state index in [-0.39, 0.29) is 23.5 Å². The van der Waals surface area contributed by atoms with Crippen molar-refractivity contribution >= 4 is 17.2 Å². The van der Waals surface area contributed by atoms with Crippen LogP contribution in [0.1, 0.15) is 18.9 Å². The summed E-state index contributed by atoms with van der Waals surface area (Å²) < 4.78 is 12.5.